The highest BCUT2D eigenvalue weighted by Crippen LogP contribution is 2.35. The maximum absolute atomic E-state index is 4.76. The summed E-state index contributed by atoms with van der Waals surface area (Å²) in [7, 11) is 0. The Morgan fingerprint density at radius 1 is 1.50 bits per heavy atom. The molecule has 4 heteroatoms. The van der Waals surface area contributed by atoms with Crippen molar-refractivity contribution in [3.05, 3.63) is 30.1 Å². The van der Waals surface area contributed by atoms with Gasteiger partial charge in [-0.3, -0.25) is 9.98 Å². The Hall–Kier alpha value is -1.03. The van der Waals surface area contributed by atoms with Crippen LogP contribution in [0.5, 0.6) is 0 Å². The summed E-state index contributed by atoms with van der Waals surface area (Å²) in [5.41, 5.74) is 1.10. The van der Waals surface area contributed by atoms with Crippen LogP contribution < -0.4 is 0 Å². The maximum Gasteiger partial charge on any atom is 0.160 e. The highest BCUT2D eigenvalue weighted by atomic mass is 32.2. The van der Waals surface area contributed by atoms with Crippen molar-refractivity contribution in [3.8, 4) is 0 Å². The fourth-order valence-corrected chi connectivity index (χ4v) is 3.62. The molecule has 84 valence electrons. The lowest BCUT2D eigenvalue weighted by atomic mass is 10.1. The largest absolute Gasteiger partial charge is 0.345 e. The quantitative estimate of drug-likeness (QED) is 0.785. The molecular weight excluding hydrogens is 218 g/mol. The predicted molar refractivity (Wildman–Crippen MR) is 67.7 cm³/mol. The lowest BCUT2D eigenvalue weighted by molar-refractivity contribution is 0.347. The van der Waals surface area contributed by atoms with Crippen LogP contribution in [-0.4, -0.2) is 33.4 Å². The number of rotatable bonds is 2. The molecule has 0 aromatic carbocycles. The van der Waals surface area contributed by atoms with Crippen LogP contribution in [0.25, 0.3) is 0 Å². The Kier molecular flexibility index (Phi) is 2.59. The first kappa shape index (κ1) is 10.1. The molecule has 0 spiro atoms. The molecule has 1 aromatic heterocycles. The van der Waals surface area contributed by atoms with E-state index in [0.29, 0.717) is 6.04 Å². The van der Waals surface area contributed by atoms with Gasteiger partial charge >= 0.3 is 0 Å². The number of nitrogens with zero attached hydrogens (tertiary/aromatic N) is 3. The molecule has 16 heavy (non-hydrogen) atoms. The van der Waals surface area contributed by atoms with Gasteiger partial charge in [-0.25, -0.2) is 0 Å². The molecule has 1 aromatic rings. The van der Waals surface area contributed by atoms with Crippen molar-refractivity contribution in [2.24, 2.45) is 4.99 Å². The lowest BCUT2D eigenvalue weighted by Gasteiger charge is -2.21. The lowest BCUT2D eigenvalue weighted by Crippen LogP contribution is -2.32. The van der Waals surface area contributed by atoms with E-state index in [1.165, 1.54) is 17.3 Å². The van der Waals surface area contributed by atoms with Crippen LogP contribution in [0.15, 0.2) is 29.4 Å². The normalized spacial score (nSPS) is 28.1. The minimum absolute atomic E-state index is 0.248. The van der Waals surface area contributed by atoms with Crippen LogP contribution in [0.3, 0.4) is 0 Å². The van der Waals surface area contributed by atoms with E-state index < -0.39 is 0 Å². The van der Waals surface area contributed by atoms with Crippen molar-refractivity contribution in [2.75, 3.05) is 12.3 Å². The first-order chi connectivity index (χ1) is 7.88. The highest BCUT2D eigenvalue weighted by Gasteiger charge is 2.36. The molecule has 2 aliphatic heterocycles. The standard InChI is InChI=1S/C12H15N3S/c1-2-9-8-16-12-14-11(7-15(9)12)10-5-3-4-6-13-10/h3-6,9,11H,2,7-8H2,1H3/t9-,11+/m1/s1. The number of aromatic nitrogens is 1. The van der Waals surface area contributed by atoms with Crippen LogP contribution in [0.1, 0.15) is 25.1 Å². The number of fused-ring (bicyclic) bond motifs is 1. The minimum Gasteiger partial charge on any atom is -0.345 e. The van der Waals surface area contributed by atoms with Gasteiger partial charge in [-0.15, -0.1) is 0 Å². The molecule has 0 N–H and O–H groups in total. The third kappa shape index (κ3) is 1.61. The smallest absolute Gasteiger partial charge is 0.160 e. The van der Waals surface area contributed by atoms with Gasteiger partial charge in [0.2, 0.25) is 0 Å². The number of hydrogen-bond donors (Lipinski definition) is 0. The molecule has 1 saturated heterocycles. The van der Waals surface area contributed by atoms with E-state index in [4.69, 9.17) is 4.99 Å². The molecule has 0 aliphatic carbocycles. The summed E-state index contributed by atoms with van der Waals surface area (Å²) in [5.74, 6) is 1.20. The third-order valence-corrected chi connectivity index (χ3v) is 4.38. The van der Waals surface area contributed by atoms with E-state index >= 15 is 0 Å². The topological polar surface area (TPSA) is 28.5 Å². The van der Waals surface area contributed by atoms with Crippen molar-refractivity contribution in [1.82, 2.24) is 9.88 Å². The molecule has 3 heterocycles. The first-order valence-electron chi connectivity index (χ1n) is 5.76. The molecule has 0 saturated carbocycles. The second kappa shape index (κ2) is 4.09. The number of amidine groups is 1. The summed E-state index contributed by atoms with van der Waals surface area (Å²) < 4.78 is 0. The number of hydrogen-bond acceptors (Lipinski definition) is 4. The molecule has 0 radical (unpaired) electrons. The minimum atomic E-state index is 0.248. The van der Waals surface area contributed by atoms with E-state index in [2.05, 4.69) is 22.9 Å². The van der Waals surface area contributed by atoms with Gasteiger partial charge < -0.3 is 4.90 Å². The second-order valence-electron chi connectivity index (χ2n) is 4.21. The van der Waals surface area contributed by atoms with Gasteiger partial charge in [0.25, 0.3) is 0 Å². The van der Waals surface area contributed by atoms with Gasteiger partial charge in [0, 0.05) is 24.5 Å². The van der Waals surface area contributed by atoms with Crippen LogP contribution in [0.2, 0.25) is 0 Å². The Morgan fingerprint density at radius 2 is 2.44 bits per heavy atom. The summed E-state index contributed by atoms with van der Waals surface area (Å²) >= 11 is 1.89. The Balaban J connectivity index is 1.82. The zero-order valence-electron chi connectivity index (χ0n) is 9.34. The van der Waals surface area contributed by atoms with Crippen LogP contribution in [0, 0.1) is 0 Å². The van der Waals surface area contributed by atoms with E-state index in [0.717, 1.165) is 12.2 Å². The average molecular weight is 233 g/mol. The number of pyridine rings is 1. The van der Waals surface area contributed by atoms with Crippen molar-refractivity contribution >= 4 is 16.9 Å². The molecule has 2 atom stereocenters. The Bertz CT molecular complexity index is 404. The van der Waals surface area contributed by atoms with Crippen LogP contribution in [-0.2, 0) is 0 Å². The molecule has 3 rings (SSSR count). The molecule has 2 aliphatic rings. The van der Waals surface area contributed by atoms with Crippen LogP contribution >= 0.6 is 11.8 Å². The van der Waals surface area contributed by atoms with E-state index in [-0.39, 0.29) is 6.04 Å². The summed E-state index contributed by atoms with van der Waals surface area (Å²) in [6, 6.07) is 6.99. The fourth-order valence-electron chi connectivity index (χ4n) is 2.27. The van der Waals surface area contributed by atoms with Crippen molar-refractivity contribution < 1.29 is 0 Å². The van der Waals surface area contributed by atoms with Gasteiger partial charge in [0.15, 0.2) is 5.17 Å². The SMILES string of the molecule is CC[C@@H]1CSC2=N[C@H](c3ccccn3)CN21. The van der Waals surface area contributed by atoms with Gasteiger partial charge in [-0.05, 0) is 18.6 Å². The number of aliphatic imine (C=N–C) groups is 1. The van der Waals surface area contributed by atoms with Gasteiger partial charge in [0.1, 0.15) is 6.04 Å². The summed E-state index contributed by atoms with van der Waals surface area (Å²) in [4.78, 5) is 11.6. The van der Waals surface area contributed by atoms with Crippen molar-refractivity contribution in [3.63, 3.8) is 0 Å². The average Bonchev–Trinajstić information content (AvgIpc) is 2.89. The number of thioether (sulfide) groups is 1. The molecule has 3 nitrogen and oxygen atoms in total. The van der Waals surface area contributed by atoms with E-state index in [1.807, 2.05) is 30.1 Å². The summed E-state index contributed by atoms with van der Waals surface area (Å²) in [6.07, 6.45) is 3.06. The first-order valence-corrected chi connectivity index (χ1v) is 6.75. The Morgan fingerprint density at radius 3 is 3.19 bits per heavy atom. The van der Waals surface area contributed by atoms with Gasteiger partial charge in [-0.1, -0.05) is 24.8 Å². The zero-order chi connectivity index (χ0) is 11.0. The van der Waals surface area contributed by atoms with Crippen molar-refractivity contribution in [1.29, 1.82) is 0 Å². The van der Waals surface area contributed by atoms with E-state index in [1.54, 1.807) is 0 Å². The second-order valence-corrected chi connectivity index (χ2v) is 5.19. The molecule has 0 unspecified atom stereocenters. The molecule has 0 amide bonds. The Labute approximate surface area is 100.0 Å². The van der Waals surface area contributed by atoms with Gasteiger partial charge in [-0.2, -0.15) is 0 Å². The molecule has 0 bridgehead atoms. The van der Waals surface area contributed by atoms with Crippen LogP contribution in [0.4, 0.5) is 0 Å². The van der Waals surface area contributed by atoms with Gasteiger partial charge in [0.05, 0.1) is 5.69 Å². The third-order valence-electron chi connectivity index (χ3n) is 3.23. The maximum atomic E-state index is 4.76. The monoisotopic (exact) mass is 233 g/mol. The molecular formula is C12H15N3S. The van der Waals surface area contributed by atoms with E-state index in [9.17, 15) is 0 Å². The molecule has 1 fully saturated rings. The predicted octanol–water partition coefficient (Wildman–Crippen LogP) is 2.32. The van der Waals surface area contributed by atoms with Crippen molar-refractivity contribution in [2.45, 2.75) is 25.4 Å². The summed E-state index contributed by atoms with van der Waals surface area (Å²) in [6.45, 7) is 3.26. The summed E-state index contributed by atoms with van der Waals surface area (Å²) in [5, 5.41) is 1.22. The highest BCUT2D eigenvalue weighted by molar-refractivity contribution is 8.14. The fraction of sp³-hybridized carbons (Fsp3) is 0.500. The zero-order valence-corrected chi connectivity index (χ0v) is 10.2.